The van der Waals surface area contributed by atoms with E-state index in [-0.39, 0.29) is 0 Å². The molecule has 2 nitrogen and oxygen atoms in total. The summed E-state index contributed by atoms with van der Waals surface area (Å²) in [5.41, 5.74) is 6.57. The zero-order chi connectivity index (χ0) is 13.9. The van der Waals surface area contributed by atoms with Gasteiger partial charge in [-0.3, -0.25) is 4.90 Å². The van der Waals surface area contributed by atoms with Gasteiger partial charge in [-0.1, -0.05) is 33.6 Å². The van der Waals surface area contributed by atoms with Crippen LogP contribution in [-0.4, -0.2) is 40.6 Å². The van der Waals surface area contributed by atoms with E-state index in [0.717, 1.165) is 12.5 Å². The molecule has 0 spiro atoms. The largest absolute Gasteiger partial charge is 0.329 e. The maximum Gasteiger partial charge on any atom is 0.0332 e. The molecule has 1 heterocycles. The Balaban J connectivity index is 2.07. The Morgan fingerprint density at radius 3 is 2.68 bits per heavy atom. The summed E-state index contributed by atoms with van der Waals surface area (Å²) in [5, 5.41) is 0. The highest BCUT2D eigenvalue weighted by Gasteiger charge is 2.38. The Hall–Kier alpha value is 0.270. The first-order chi connectivity index (χ1) is 8.97. The third kappa shape index (κ3) is 3.89. The fraction of sp³-hybridized carbons (Fsp3) is 1.00. The van der Waals surface area contributed by atoms with Gasteiger partial charge in [0.1, 0.15) is 0 Å². The monoisotopic (exact) mass is 284 g/mol. The van der Waals surface area contributed by atoms with Crippen molar-refractivity contribution in [2.75, 3.05) is 25.4 Å². The first kappa shape index (κ1) is 15.7. The first-order valence-corrected chi connectivity index (χ1v) is 9.05. The second-order valence-electron chi connectivity index (χ2n) is 7.31. The van der Waals surface area contributed by atoms with Gasteiger partial charge in [-0.25, -0.2) is 0 Å². The van der Waals surface area contributed by atoms with Crippen molar-refractivity contribution in [3.8, 4) is 0 Å². The molecule has 19 heavy (non-hydrogen) atoms. The Morgan fingerprint density at radius 2 is 1.95 bits per heavy atom. The molecule has 0 radical (unpaired) electrons. The Kier molecular flexibility index (Phi) is 5.24. The molecule has 0 aromatic rings. The van der Waals surface area contributed by atoms with Crippen molar-refractivity contribution in [2.45, 2.75) is 69.6 Å². The van der Waals surface area contributed by atoms with Crippen molar-refractivity contribution in [3.63, 3.8) is 0 Å². The van der Waals surface area contributed by atoms with Crippen LogP contribution in [0.25, 0.3) is 0 Å². The molecule has 0 aromatic heterocycles. The smallest absolute Gasteiger partial charge is 0.0332 e. The Bertz CT molecular complexity index is 292. The zero-order valence-corrected chi connectivity index (χ0v) is 13.9. The third-order valence-electron chi connectivity index (χ3n) is 5.33. The number of hydrogen-bond acceptors (Lipinski definition) is 3. The van der Waals surface area contributed by atoms with Crippen LogP contribution in [0.3, 0.4) is 0 Å². The van der Waals surface area contributed by atoms with E-state index in [1.165, 1.54) is 57.4 Å². The lowest BCUT2D eigenvalue weighted by Crippen LogP contribution is -2.54. The van der Waals surface area contributed by atoms with E-state index >= 15 is 0 Å². The van der Waals surface area contributed by atoms with Gasteiger partial charge in [-0.05, 0) is 31.6 Å². The highest BCUT2D eigenvalue weighted by molar-refractivity contribution is 8.00. The van der Waals surface area contributed by atoms with Crippen LogP contribution >= 0.6 is 11.8 Å². The molecule has 1 saturated heterocycles. The second-order valence-corrected chi connectivity index (χ2v) is 9.11. The van der Waals surface area contributed by atoms with E-state index in [2.05, 4.69) is 37.4 Å². The van der Waals surface area contributed by atoms with Crippen molar-refractivity contribution in [1.29, 1.82) is 0 Å². The van der Waals surface area contributed by atoms with E-state index in [1.807, 2.05) is 0 Å². The molecular weight excluding hydrogens is 252 g/mol. The topological polar surface area (TPSA) is 29.3 Å². The van der Waals surface area contributed by atoms with E-state index < -0.39 is 0 Å². The molecular formula is C16H32N2S. The minimum absolute atomic E-state index is 0.311. The Labute approximate surface area is 123 Å². The predicted molar refractivity (Wildman–Crippen MR) is 86.8 cm³/mol. The summed E-state index contributed by atoms with van der Waals surface area (Å²) in [6.07, 6.45) is 8.06. The predicted octanol–water partition coefficient (Wildman–Crippen LogP) is 3.50. The second kappa shape index (κ2) is 6.36. The van der Waals surface area contributed by atoms with E-state index in [1.54, 1.807) is 0 Å². The fourth-order valence-electron chi connectivity index (χ4n) is 3.71. The van der Waals surface area contributed by atoms with Crippen molar-refractivity contribution < 1.29 is 0 Å². The van der Waals surface area contributed by atoms with Crippen LogP contribution in [0.4, 0.5) is 0 Å². The summed E-state index contributed by atoms with van der Waals surface area (Å²) >= 11 is 2.14. The first-order valence-electron chi connectivity index (χ1n) is 8.07. The lowest BCUT2D eigenvalue weighted by atomic mass is 9.87. The van der Waals surface area contributed by atoms with E-state index in [4.69, 9.17) is 5.73 Å². The molecule has 2 fully saturated rings. The summed E-state index contributed by atoms with van der Waals surface area (Å²) < 4.78 is 0.447. The van der Waals surface area contributed by atoms with Gasteiger partial charge in [0.05, 0.1) is 0 Å². The fourth-order valence-corrected chi connectivity index (χ4v) is 4.81. The average molecular weight is 285 g/mol. The van der Waals surface area contributed by atoms with Gasteiger partial charge in [0.15, 0.2) is 0 Å². The van der Waals surface area contributed by atoms with Crippen molar-refractivity contribution in [1.82, 2.24) is 4.90 Å². The molecule has 2 aliphatic rings. The van der Waals surface area contributed by atoms with Crippen LogP contribution in [0.1, 0.15) is 59.3 Å². The molecule has 0 aromatic carbocycles. The van der Waals surface area contributed by atoms with Gasteiger partial charge in [0.25, 0.3) is 0 Å². The van der Waals surface area contributed by atoms with Crippen LogP contribution in [0.2, 0.25) is 0 Å². The van der Waals surface area contributed by atoms with Crippen molar-refractivity contribution in [2.24, 2.45) is 11.7 Å². The van der Waals surface area contributed by atoms with Crippen LogP contribution in [0.5, 0.6) is 0 Å². The van der Waals surface area contributed by atoms with Crippen LogP contribution in [-0.2, 0) is 0 Å². The molecule has 112 valence electrons. The van der Waals surface area contributed by atoms with E-state index in [0.29, 0.717) is 10.3 Å². The van der Waals surface area contributed by atoms with Gasteiger partial charge in [0.2, 0.25) is 0 Å². The van der Waals surface area contributed by atoms with Crippen LogP contribution in [0, 0.1) is 5.92 Å². The molecule has 1 aliphatic carbocycles. The molecule has 0 amide bonds. The SMILES string of the molecule is CC1CCCC(CN)(N2CCSC(C)(C)CC2)CC1. The molecule has 3 heteroatoms. The number of hydrogen-bond donors (Lipinski definition) is 1. The normalized spacial score (nSPS) is 37.6. The minimum atomic E-state index is 0.311. The number of rotatable bonds is 2. The van der Waals surface area contributed by atoms with Crippen LogP contribution in [0.15, 0.2) is 0 Å². The lowest BCUT2D eigenvalue weighted by Gasteiger charge is -2.43. The molecule has 0 bridgehead atoms. The van der Waals surface area contributed by atoms with Crippen LogP contribution < -0.4 is 5.73 Å². The lowest BCUT2D eigenvalue weighted by molar-refractivity contribution is 0.0825. The molecule has 2 N–H and O–H groups in total. The average Bonchev–Trinajstić information content (AvgIpc) is 2.66. The highest BCUT2D eigenvalue weighted by atomic mass is 32.2. The maximum atomic E-state index is 6.25. The quantitative estimate of drug-likeness (QED) is 0.787. The maximum absolute atomic E-state index is 6.25. The van der Waals surface area contributed by atoms with Crippen molar-refractivity contribution in [3.05, 3.63) is 0 Å². The van der Waals surface area contributed by atoms with Gasteiger partial charge in [-0.2, -0.15) is 11.8 Å². The van der Waals surface area contributed by atoms with Gasteiger partial charge in [-0.15, -0.1) is 0 Å². The number of thioether (sulfide) groups is 1. The zero-order valence-electron chi connectivity index (χ0n) is 13.1. The summed E-state index contributed by atoms with van der Waals surface area (Å²) in [6, 6.07) is 0. The van der Waals surface area contributed by atoms with E-state index in [9.17, 15) is 0 Å². The number of nitrogens with zero attached hydrogens (tertiary/aromatic N) is 1. The molecule has 1 saturated carbocycles. The minimum Gasteiger partial charge on any atom is -0.329 e. The van der Waals surface area contributed by atoms with Crippen molar-refractivity contribution >= 4 is 11.8 Å². The standard InChI is InChI=1S/C16H32N2S/c1-14-5-4-7-16(13-17,8-6-14)18-10-9-15(2,3)19-12-11-18/h14H,4-13,17H2,1-3H3. The van der Waals surface area contributed by atoms with Gasteiger partial charge < -0.3 is 5.73 Å². The molecule has 1 aliphatic heterocycles. The van der Waals surface area contributed by atoms with Gasteiger partial charge in [0, 0.05) is 35.7 Å². The summed E-state index contributed by atoms with van der Waals surface area (Å²) in [4.78, 5) is 2.76. The molecule has 2 unspecified atom stereocenters. The third-order valence-corrected chi connectivity index (χ3v) is 6.70. The Morgan fingerprint density at radius 1 is 1.16 bits per heavy atom. The molecule has 2 rings (SSSR count). The summed E-state index contributed by atoms with van der Waals surface area (Å²) in [7, 11) is 0. The molecule has 2 atom stereocenters. The number of nitrogens with two attached hydrogens (primary N) is 1. The summed E-state index contributed by atoms with van der Waals surface area (Å²) in [5.74, 6) is 2.16. The van der Waals surface area contributed by atoms with Gasteiger partial charge >= 0.3 is 0 Å². The summed E-state index contributed by atoms with van der Waals surface area (Å²) in [6.45, 7) is 10.5. The highest BCUT2D eigenvalue weighted by Crippen LogP contribution is 2.38.